The molecule has 2 atom stereocenters. The van der Waals surface area contributed by atoms with Gasteiger partial charge in [-0.25, -0.2) is 8.42 Å². The summed E-state index contributed by atoms with van der Waals surface area (Å²) in [6, 6.07) is 20.1. The normalized spacial score (nSPS) is 17.7. The minimum atomic E-state index is -2.99. The Balaban J connectivity index is 1.22. The van der Waals surface area contributed by atoms with Crippen molar-refractivity contribution >= 4 is 15.8 Å². The maximum atomic E-state index is 11.9. The average Bonchev–Trinajstić information content (AvgIpc) is 3.73. The monoisotopic (exact) mass is 550 g/mol. The standard InChI is InChI=1S/C31H34O7S/c1-3-35-31(32)29-19-27(29)22-6-8-24(9-7-22)38-20-21-5-12-30-28(17-21)26-11-10-25(18-23(26)13-15-37-30)36-14-4-16-39(2,33)34/h5-12,17-18,27,29H,3-4,13-16,19-20H2,1-2H3/t27-,29+/m1/s1. The summed E-state index contributed by atoms with van der Waals surface area (Å²) in [6.07, 6.45) is 3.29. The van der Waals surface area contributed by atoms with Crippen LogP contribution in [0.25, 0.3) is 11.1 Å². The maximum Gasteiger partial charge on any atom is 0.309 e. The lowest BCUT2D eigenvalue weighted by Gasteiger charge is -2.13. The van der Waals surface area contributed by atoms with Gasteiger partial charge in [0, 0.05) is 18.2 Å². The van der Waals surface area contributed by atoms with Crippen molar-refractivity contribution < 1.29 is 32.2 Å². The number of hydrogen-bond donors (Lipinski definition) is 0. The van der Waals surface area contributed by atoms with Crippen LogP contribution in [0.15, 0.2) is 60.7 Å². The molecular formula is C31H34O7S. The summed E-state index contributed by atoms with van der Waals surface area (Å²) >= 11 is 0. The highest BCUT2D eigenvalue weighted by Crippen LogP contribution is 2.48. The molecule has 7 nitrogen and oxygen atoms in total. The predicted molar refractivity (Wildman–Crippen MR) is 149 cm³/mol. The first-order chi connectivity index (χ1) is 18.8. The number of sulfone groups is 1. The fourth-order valence-corrected chi connectivity index (χ4v) is 5.61. The number of hydrogen-bond acceptors (Lipinski definition) is 7. The lowest BCUT2D eigenvalue weighted by atomic mass is 9.96. The number of esters is 1. The molecule has 0 bridgehead atoms. The summed E-state index contributed by atoms with van der Waals surface area (Å²) in [4.78, 5) is 11.9. The minimum absolute atomic E-state index is 0.0242. The molecule has 0 aromatic heterocycles. The van der Waals surface area contributed by atoms with E-state index in [-0.39, 0.29) is 23.6 Å². The summed E-state index contributed by atoms with van der Waals surface area (Å²) < 4.78 is 45.7. The molecule has 1 heterocycles. The number of ether oxygens (including phenoxy) is 4. The molecule has 2 aliphatic rings. The van der Waals surface area contributed by atoms with E-state index in [2.05, 4.69) is 6.07 Å². The van der Waals surface area contributed by atoms with E-state index in [1.165, 1.54) is 6.26 Å². The molecule has 0 spiro atoms. The molecule has 5 rings (SSSR count). The summed E-state index contributed by atoms with van der Waals surface area (Å²) in [5.74, 6) is 2.56. The Morgan fingerprint density at radius 3 is 2.54 bits per heavy atom. The highest BCUT2D eigenvalue weighted by atomic mass is 32.2. The average molecular weight is 551 g/mol. The molecular weight excluding hydrogens is 516 g/mol. The third-order valence-electron chi connectivity index (χ3n) is 7.06. The van der Waals surface area contributed by atoms with E-state index >= 15 is 0 Å². The van der Waals surface area contributed by atoms with E-state index in [0.29, 0.717) is 32.8 Å². The molecule has 206 valence electrons. The third kappa shape index (κ3) is 6.92. The first-order valence-electron chi connectivity index (χ1n) is 13.4. The fraction of sp³-hybridized carbons (Fsp3) is 0.387. The molecule has 39 heavy (non-hydrogen) atoms. The van der Waals surface area contributed by atoms with E-state index in [1.54, 1.807) is 0 Å². The van der Waals surface area contributed by atoms with E-state index in [1.807, 2.05) is 61.5 Å². The smallest absolute Gasteiger partial charge is 0.309 e. The molecule has 8 heteroatoms. The van der Waals surface area contributed by atoms with Gasteiger partial charge in [0.1, 0.15) is 33.7 Å². The van der Waals surface area contributed by atoms with Crippen LogP contribution in [0, 0.1) is 5.92 Å². The Bertz CT molecular complexity index is 1430. The number of carbonyl (C=O) groups is 1. The second-order valence-corrected chi connectivity index (χ2v) is 12.4. The van der Waals surface area contributed by atoms with Crippen molar-refractivity contribution in [2.75, 3.05) is 31.8 Å². The van der Waals surface area contributed by atoms with Crippen LogP contribution in [0.5, 0.6) is 17.2 Å². The van der Waals surface area contributed by atoms with Gasteiger partial charge in [-0.15, -0.1) is 0 Å². The van der Waals surface area contributed by atoms with Gasteiger partial charge in [0.2, 0.25) is 0 Å². The summed E-state index contributed by atoms with van der Waals surface area (Å²) in [7, 11) is -2.99. The molecule has 1 aliphatic heterocycles. The van der Waals surface area contributed by atoms with Crippen LogP contribution in [0.3, 0.4) is 0 Å². The van der Waals surface area contributed by atoms with E-state index in [9.17, 15) is 13.2 Å². The van der Waals surface area contributed by atoms with Crippen LogP contribution in [0.4, 0.5) is 0 Å². The molecule has 0 N–H and O–H groups in total. The second kappa shape index (κ2) is 11.7. The minimum Gasteiger partial charge on any atom is -0.494 e. The summed E-state index contributed by atoms with van der Waals surface area (Å²) in [6.45, 7) is 3.58. The Kier molecular flexibility index (Phi) is 8.12. The molecule has 3 aromatic carbocycles. The lowest BCUT2D eigenvalue weighted by Crippen LogP contribution is -2.08. The highest BCUT2D eigenvalue weighted by Gasteiger charge is 2.45. The SMILES string of the molecule is CCOC(=O)[C@H]1C[C@@H]1c1ccc(OCc2ccc3c(c2)-c2ccc(OCCCS(C)(=O)=O)cc2CCO3)cc1. The van der Waals surface area contributed by atoms with Crippen LogP contribution >= 0.6 is 0 Å². The van der Waals surface area contributed by atoms with Gasteiger partial charge in [0.05, 0.1) is 31.5 Å². The second-order valence-electron chi connectivity index (χ2n) is 10.1. The molecule has 0 unspecified atom stereocenters. The number of benzene rings is 3. The van der Waals surface area contributed by atoms with Crippen molar-refractivity contribution in [1.82, 2.24) is 0 Å². The quantitative estimate of drug-likeness (QED) is 0.235. The molecule has 3 aromatic rings. The first kappa shape index (κ1) is 27.1. The van der Waals surface area contributed by atoms with Crippen molar-refractivity contribution in [2.45, 2.75) is 38.7 Å². The Morgan fingerprint density at radius 1 is 0.974 bits per heavy atom. The summed E-state index contributed by atoms with van der Waals surface area (Å²) in [5.41, 5.74) is 5.40. The van der Waals surface area contributed by atoms with E-state index < -0.39 is 9.84 Å². The number of fused-ring (bicyclic) bond motifs is 3. The number of rotatable bonds is 11. The Labute approximate surface area is 230 Å². The largest absolute Gasteiger partial charge is 0.494 e. The van der Waals surface area contributed by atoms with Crippen molar-refractivity contribution in [2.24, 2.45) is 5.92 Å². The molecule has 1 aliphatic carbocycles. The van der Waals surface area contributed by atoms with Gasteiger partial charge in [-0.2, -0.15) is 0 Å². The predicted octanol–water partition coefficient (Wildman–Crippen LogP) is 5.35. The zero-order valence-electron chi connectivity index (χ0n) is 22.4. The molecule has 0 amide bonds. The van der Waals surface area contributed by atoms with Crippen LogP contribution < -0.4 is 14.2 Å². The van der Waals surface area contributed by atoms with Crippen molar-refractivity contribution in [3.8, 4) is 28.4 Å². The van der Waals surface area contributed by atoms with Crippen molar-refractivity contribution in [3.63, 3.8) is 0 Å². The van der Waals surface area contributed by atoms with Crippen LogP contribution in [0.1, 0.15) is 42.4 Å². The Hall–Kier alpha value is -3.52. The van der Waals surface area contributed by atoms with Gasteiger partial charge >= 0.3 is 5.97 Å². The van der Waals surface area contributed by atoms with Gasteiger partial charge in [0.25, 0.3) is 0 Å². The van der Waals surface area contributed by atoms with Crippen LogP contribution in [0.2, 0.25) is 0 Å². The van der Waals surface area contributed by atoms with Crippen LogP contribution in [-0.4, -0.2) is 46.2 Å². The fourth-order valence-electron chi connectivity index (χ4n) is 4.97. The van der Waals surface area contributed by atoms with Crippen molar-refractivity contribution in [1.29, 1.82) is 0 Å². The highest BCUT2D eigenvalue weighted by molar-refractivity contribution is 7.90. The van der Waals surface area contributed by atoms with Crippen LogP contribution in [-0.2, 0) is 32.4 Å². The van der Waals surface area contributed by atoms with E-state index in [0.717, 1.165) is 57.9 Å². The summed E-state index contributed by atoms with van der Waals surface area (Å²) in [5, 5.41) is 0. The zero-order chi connectivity index (χ0) is 27.4. The van der Waals surface area contributed by atoms with Crippen molar-refractivity contribution in [3.05, 3.63) is 77.4 Å². The number of carbonyl (C=O) groups excluding carboxylic acids is 1. The Morgan fingerprint density at radius 2 is 1.77 bits per heavy atom. The van der Waals surface area contributed by atoms with Gasteiger partial charge in [-0.05, 0) is 84.3 Å². The topological polar surface area (TPSA) is 88.1 Å². The van der Waals surface area contributed by atoms with Gasteiger partial charge in [-0.1, -0.05) is 24.3 Å². The first-order valence-corrected chi connectivity index (χ1v) is 15.5. The van der Waals surface area contributed by atoms with Gasteiger partial charge < -0.3 is 18.9 Å². The molecule has 1 fully saturated rings. The molecule has 0 radical (unpaired) electrons. The maximum absolute atomic E-state index is 11.9. The zero-order valence-corrected chi connectivity index (χ0v) is 23.2. The molecule has 1 saturated carbocycles. The van der Waals surface area contributed by atoms with Gasteiger partial charge in [0.15, 0.2) is 0 Å². The lowest BCUT2D eigenvalue weighted by molar-refractivity contribution is -0.144. The van der Waals surface area contributed by atoms with E-state index in [4.69, 9.17) is 18.9 Å². The third-order valence-corrected chi connectivity index (χ3v) is 8.09. The van der Waals surface area contributed by atoms with Gasteiger partial charge in [-0.3, -0.25) is 4.79 Å². The molecule has 0 saturated heterocycles.